The van der Waals surface area contributed by atoms with Crippen LogP contribution >= 0.6 is 0 Å². The molecule has 0 aromatic heterocycles. The van der Waals surface area contributed by atoms with Gasteiger partial charge in [0.25, 0.3) is 0 Å². The van der Waals surface area contributed by atoms with E-state index in [0.29, 0.717) is 11.3 Å². The molecule has 3 atom stereocenters. The molecule has 0 saturated heterocycles. The topological polar surface area (TPSA) is 38.3 Å². The maximum absolute atomic E-state index is 13.5. The summed E-state index contributed by atoms with van der Waals surface area (Å²) in [4.78, 5) is 12.2. The number of carbonyl (C=O) groups is 1. The van der Waals surface area contributed by atoms with Crippen LogP contribution in [0.5, 0.6) is 5.75 Å². The minimum Gasteiger partial charge on any atom is -0.489 e. The average Bonchev–Trinajstić information content (AvgIpc) is 3.12. The van der Waals surface area contributed by atoms with Crippen LogP contribution in [0.2, 0.25) is 0 Å². The second-order valence-electron chi connectivity index (χ2n) is 5.77. The Balaban J connectivity index is 1.43. The van der Waals surface area contributed by atoms with Crippen molar-refractivity contribution in [2.24, 2.45) is 5.92 Å². The number of rotatable bonds is 3. The first-order chi connectivity index (χ1) is 11.0. The van der Waals surface area contributed by atoms with Crippen molar-refractivity contribution in [1.29, 1.82) is 0 Å². The standard InChI is InChI=1S/C17H12F3NO2/c18-9-1-3-12(20)8(5-9)7-21-17(22)15-14-11-6-10(19)2-4-13(11)23-16(14)15/h1-6,14-16H,7H2,(H,21,22). The van der Waals surface area contributed by atoms with Gasteiger partial charge in [0.1, 0.15) is 29.3 Å². The van der Waals surface area contributed by atoms with Crippen molar-refractivity contribution < 1.29 is 22.7 Å². The van der Waals surface area contributed by atoms with Gasteiger partial charge in [0.2, 0.25) is 5.91 Å². The predicted molar refractivity (Wildman–Crippen MR) is 75.3 cm³/mol. The van der Waals surface area contributed by atoms with Gasteiger partial charge in [-0.1, -0.05) is 0 Å². The van der Waals surface area contributed by atoms with Gasteiger partial charge in [-0.05, 0) is 36.4 Å². The van der Waals surface area contributed by atoms with Crippen LogP contribution in [0.15, 0.2) is 36.4 Å². The Labute approximate surface area is 130 Å². The number of ether oxygens (including phenoxy) is 1. The summed E-state index contributed by atoms with van der Waals surface area (Å²) >= 11 is 0. The predicted octanol–water partition coefficient (Wildman–Crippen LogP) is 2.89. The highest BCUT2D eigenvalue weighted by Crippen LogP contribution is 2.58. The molecule has 0 spiro atoms. The van der Waals surface area contributed by atoms with Crippen molar-refractivity contribution in [2.75, 3.05) is 0 Å². The Kier molecular flexibility index (Phi) is 3.07. The minimum atomic E-state index is -0.577. The van der Waals surface area contributed by atoms with E-state index in [1.165, 1.54) is 12.1 Å². The zero-order chi connectivity index (χ0) is 16.1. The van der Waals surface area contributed by atoms with E-state index in [2.05, 4.69) is 5.32 Å². The lowest BCUT2D eigenvalue weighted by Crippen LogP contribution is -2.27. The number of nitrogens with one attached hydrogen (secondary N) is 1. The molecule has 1 aliphatic carbocycles. The molecule has 0 radical (unpaired) electrons. The highest BCUT2D eigenvalue weighted by molar-refractivity contribution is 5.85. The molecular formula is C17H12F3NO2. The molecule has 1 aliphatic heterocycles. The number of hydrogen-bond acceptors (Lipinski definition) is 2. The molecule has 1 saturated carbocycles. The lowest BCUT2D eigenvalue weighted by Gasteiger charge is -2.10. The Morgan fingerprint density at radius 3 is 2.65 bits per heavy atom. The van der Waals surface area contributed by atoms with E-state index < -0.39 is 17.6 Å². The molecule has 0 bridgehead atoms. The fraction of sp³-hybridized carbons (Fsp3) is 0.235. The molecule has 1 fully saturated rings. The number of carbonyl (C=O) groups excluding carboxylic acids is 1. The number of benzene rings is 2. The van der Waals surface area contributed by atoms with Crippen molar-refractivity contribution in [2.45, 2.75) is 18.6 Å². The van der Waals surface area contributed by atoms with Gasteiger partial charge < -0.3 is 10.1 Å². The molecule has 1 heterocycles. The van der Waals surface area contributed by atoms with Gasteiger partial charge in [-0.15, -0.1) is 0 Å². The second-order valence-corrected chi connectivity index (χ2v) is 5.77. The first-order valence-electron chi connectivity index (χ1n) is 7.22. The minimum absolute atomic E-state index is 0.0801. The summed E-state index contributed by atoms with van der Waals surface area (Å²) in [6.07, 6.45) is -0.302. The van der Waals surface area contributed by atoms with Crippen molar-refractivity contribution in [3.63, 3.8) is 0 Å². The van der Waals surface area contributed by atoms with Crippen molar-refractivity contribution in [1.82, 2.24) is 5.32 Å². The van der Waals surface area contributed by atoms with E-state index >= 15 is 0 Å². The fourth-order valence-corrected chi connectivity index (χ4v) is 3.13. The summed E-state index contributed by atoms with van der Waals surface area (Å²) in [6.45, 7) is -0.103. The largest absolute Gasteiger partial charge is 0.489 e. The summed E-state index contributed by atoms with van der Waals surface area (Å²) in [6, 6.07) is 7.32. The monoisotopic (exact) mass is 319 g/mol. The molecule has 4 rings (SSSR count). The summed E-state index contributed by atoms with van der Waals surface area (Å²) < 4.78 is 45.5. The van der Waals surface area contributed by atoms with E-state index in [-0.39, 0.29) is 35.9 Å². The van der Waals surface area contributed by atoms with Gasteiger partial charge >= 0.3 is 0 Å². The molecule has 2 aromatic carbocycles. The SMILES string of the molecule is O=C(NCc1cc(F)ccc1F)C1C2Oc3ccc(F)cc3C21. The highest BCUT2D eigenvalue weighted by atomic mass is 19.1. The van der Waals surface area contributed by atoms with Crippen molar-refractivity contribution >= 4 is 5.91 Å². The van der Waals surface area contributed by atoms with Gasteiger partial charge in [-0.3, -0.25) is 4.79 Å². The number of fused-ring (bicyclic) bond motifs is 3. The molecule has 2 aromatic rings. The summed E-state index contributed by atoms with van der Waals surface area (Å²) in [5, 5.41) is 2.58. The average molecular weight is 319 g/mol. The van der Waals surface area contributed by atoms with Crippen LogP contribution in [-0.2, 0) is 11.3 Å². The molecule has 6 heteroatoms. The molecule has 2 aliphatic rings. The Morgan fingerprint density at radius 1 is 1.09 bits per heavy atom. The van der Waals surface area contributed by atoms with Crippen LogP contribution in [0.4, 0.5) is 13.2 Å². The van der Waals surface area contributed by atoms with E-state index in [1.807, 2.05) is 0 Å². The molecule has 23 heavy (non-hydrogen) atoms. The smallest absolute Gasteiger partial charge is 0.227 e. The number of halogens is 3. The Morgan fingerprint density at radius 2 is 1.83 bits per heavy atom. The van der Waals surface area contributed by atoms with Crippen LogP contribution < -0.4 is 10.1 Å². The third-order valence-corrected chi connectivity index (χ3v) is 4.31. The normalized spacial score (nSPS) is 23.7. The highest BCUT2D eigenvalue weighted by Gasteiger charge is 2.62. The van der Waals surface area contributed by atoms with Gasteiger partial charge in [0.05, 0.1) is 5.92 Å². The fourth-order valence-electron chi connectivity index (χ4n) is 3.13. The zero-order valence-corrected chi connectivity index (χ0v) is 11.9. The number of hydrogen-bond donors (Lipinski definition) is 1. The summed E-state index contributed by atoms with van der Waals surface area (Å²) in [5.41, 5.74) is 0.767. The molecule has 3 nitrogen and oxygen atoms in total. The molecule has 118 valence electrons. The van der Waals surface area contributed by atoms with Gasteiger partial charge in [0, 0.05) is 23.6 Å². The third-order valence-electron chi connectivity index (χ3n) is 4.31. The van der Waals surface area contributed by atoms with E-state index in [9.17, 15) is 18.0 Å². The molecule has 3 unspecified atom stereocenters. The first-order valence-corrected chi connectivity index (χ1v) is 7.22. The molecular weight excluding hydrogens is 307 g/mol. The van der Waals surface area contributed by atoms with Crippen LogP contribution in [0, 0.1) is 23.4 Å². The quantitative estimate of drug-likeness (QED) is 0.945. The molecule has 1 N–H and O–H groups in total. The third kappa shape index (κ3) is 2.34. The maximum Gasteiger partial charge on any atom is 0.227 e. The van der Waals surface area contributed by atoms with Crippen LogP contribution in [0.3, 0.4) is 0 Å². The maximum atomic E-state index is 13.5. The van der Waals surface area contributed by atoms with Crippen molar-refractivity contribution in [3.8, 4) is 5.75 Å². The van der Waals surface area contributed by atoms with E-state index in [0.717, 1.165) is 18.2 Å². The Hall–Kier alpha value is -2.50. The molecule has 1 amide bonds. The summed E-state index contributed by atoms with van der Waals surface area (Å²) in [7, 11) is 0. The van der Waals surface area contributed by atoms with Gasteiger partial charge in [-0.25, -0.2) is 13.2 Å². The second kappa shape index (κ2) is 5.01. The van der Waals surface area contributed by atoms with E-state index in [4.69, 9.17) is 4.74 Å². The lowest BCUT2D eigenvalue weighted by molar-refractivity contribution is -0.123. The van der Waals surface area contributed by atoms with Crippen molar-refractivity contribution in [3.05, 3.63) is 65.0 Å². The first kappa shape index (κ1) is 14.1. The lowest BCUT2D eigenvalue weighted by atomic mass is 10.1. The number of amides is 1. The zero-order valence-electron chi connectivity index (χ0n) is 11.9. The van der Waals surface area contributed by atoms with Gasteiger partial charge in [-0.2, -0.15) is 0 Å². The van der Waals surface area contributed by atoms with Gasteiger partial charge in [0.15, 0.2) is 0 Å². The van der Waals surface area contributed by atoms with Crippen LogP contribution in [0.1, 0.15) is 17.0 Å². The van der Waals surface area contributed by atoms with Crippen LogP contribution in [0.25, 0.3) is 0 Å². The Bertz CT molecular complexity index is 808. The van der Waals surface area contributed by atoms with E-state index in [1.54, 1.807) is 6.07 Å². The summed E-state index contributed by atoms with van der Waals surface area (Å²) in [5.74, 6) is -1.81. The van der Waals surface area contributed by atoms with Crippen LogP contribution in [-0.4, -0.2) is 12.0 Å².